The van der Waals surface area contributed by atoms with Crippen LogP contribution in [0.5, 0.6) is 0 Å². The van der Waals surface area contributed by atoms with Crippen molar-refractivity contribution in [2.24, 2.45) is 0 Å². The van der Waals surface area contributed by atoms with Gasteiger partial charge in [-0.2, -0.15) is 0 Å². The third kappa shape index (κ3) is 8.29. The van der Waals surface area contributed by atoms with Gasteiger partial charge in [-0.15, -0.1) is 0 Å². The highest BCUT2D eigenvalue weighted by atomic mass is 19.1. The van der Waals surface area contributed by atoms with Crippen LogP contribution in [0.25, 0.3) is 22.4 Å². The highest BCUT2D eigenvalue weighted by molar-refractivity contribution is 6.08. The average Bonchev–Trinajstić information content (AvgIpc) is 3.32. The number of carbonyl (C=O) groups excluding carboxylic acids is 1. The van der Waals surface area contributed by atoms with Crippen LogP contribution in [0, 0.1) is 5.82 Å². The molecule has 0 aliphatic rings. The Morgan fingerprint density at radius 1 is 0.841 bits per heavy atom. The Bertz CT molecular complexity index is 1530. The van der Waals surface area contributed by atoms with Crippen molar-refractivity contribution in [3.63, 3.8) is 0 Å². The van der Waals surface area contributed by atoms with Gasteiger partial charge in [0.05, 0.1) is 30.9 Å². The maximum atomic E-state index is 14.3. The standard InChI is InChI=1S/C35H38FNO6.CH4/c1-22(2)34-33(30(41)18-23-8-10-24(21-38)11-9-23)32(25-6-4-3-5-7-25)35(26-12-14-27(36)15-13-26)37(34)17-16-28(39)19-29(40)20-31(42)43;/h3-15,22,28-29,38-40H,16-21H2,1-2H3,(H,42,43);1H4/t28-,29-;/m1./s1. The highest BCUT2D eigenvalue weighted by Gasteiger charge is 2.30. The van der Waals surface area contributed by atoms with E-state index >= 15 is 0 Å². The Hall–Kier alpha value is -4.11. The number of rotatable bonds is 14. The smallest absolute Gasteiger partial charge is 0.305 e. The van der Waals surface area contributed by atoms with E-state index in [1.165, 1.54) is 12.1 Å². The number of aliphatic hydroxyl groups excluding tert-OH is 3. The summed E-state index contributed by atoms with van der Waals surface area (Å²) in [6.45, 7) is 4.18. The zero-order chi connectivity index (χ0) is 31.1. The van der Waals surface area contributed by atoms with Gasteiger partial charge in [0, 0.05) is 29.8 Å². The second-order valence-corrected chi connectivity index (χ2v) is 11.2. The normalized spacial score (nSPS) is 12.5. The molecule has 1 heterocycles. The van der Waals surface area contributed by atoms with Crippen molar-refractivity contribution in [3.05, 3.63) is 107 Å². The molecule has 0 spiro atoms. The van der Waals surface area contributed by atoms with Crippen LogP contribution in [0.1, 0.15) is 73.6 Å². The fraction of sp³-hybridized carbons (Fsp3) is 0.333. The maximum absolute atomic E-state index is 14.3. The van der Waals surface area contributed by atoms with Crippen LogP contribution in [0.15, 0.2) is 78.9 Å². The third-order valence-corrected chi connectivity index (χ3v) is 7.52. The molecule has 0 saturated carbocycles. The lowest BCUT2D eigenvalue weighted by Crippen LogP contribution is -2.22. The number of benzene rings is 3. The van der Waals surface area contributed by atoms with Crippen LogP contribution < -0.4 is 0 Å². The number of Topliss-reactive ketones (excluding diaryl/α,β-unsaturated/α-hetero) is 1. The number of carbonyl (C=O) groups is 2. The second-order valence-electron chi connectivity index (χ2n) is 11.2. The first-order chi connectivity index (χ1) is 20.6. The third-order valence-electron chi connectivity index (χ3n) is 7.52. The summed E-state index contributed by atoms with van der Waals surface area (Å²) >= 11 is 0. The molecular formula is C36H42FNO6. The van der Waals surface area contributed by atoms with Gasteiger partial charge in [-0.05, 0) is 65.3 Å². The molecule has 4 rings (SSSR count). The van der Waals surface area contributed by atoms with E-state index in [0.717, 1.165) is 22.4 Å². The Labute approximate surface area is 258 Å². The van der Waals surface area contributed by atoms with Crippen molar-refractivity contribution in [1.82, 2.24) is 4.57 Å². The van der Waals surface area contributed by atoms with Crippen molar-refractivity contribution < 1.29 is 34.4 Å². The number of hydrogen-bond acceptors (Lipinski definition) is 5. The molecule has 0 aliphatic heterocycles. The van der Waals surface area contributed by atoms with Gasteiger partial charge in [0.1, 0.15) is 5.82 Å². The molecule has 0 fully saturated rings. The minimum Gasteiger partial charge on any atom is -0.481 e. The topological polar surface area (TPSA) is 120 Å². The van der Waals surface area contributed by atoms with Gasteiger partial charge in [0.15, 0.2) is 5.78 Å². The molecule has 2 atom stereocenters. The summed E-state index contributed by atoms with van der Waals surface area (Å²) in [5.41, 5.74) is 5.82. The molecule has 0 unspecified atom stereocenters. The largest absolute Gasteiger partial charge is 0.481 e. The van der Waals surface area contributed by atoms with Crippen LogP contribution >= 0.6 is 0 Å². The van der Waals surface area contributed by atoms with E-state index in [4.69, 9.17) is 5.11 Å². The maximum Gasteiger partial charge on any atom is 0.305 e. The molecule has 0 saturated heterocycles. The Balaban J connectivity index is 0.00000529. The van der Waals surface area contributed by atoms with Crippen LogP contribution in [-0.4, -0.2) is 49.0 Å². The molecule has 1 aromatic heterocycles. The molecule has 234 valence electrons. The van der Waals surface area contributed by atoms with E-state index in [1.807, 2.05) is 60.9 Å². The lowest BCUT2D eigenvalue weighted by atomic mass is 9.90. The van der Waals surface area contributed by atoms with Crippen molar-refractivity contribution in [2.75, 3.05) is 0 Å². The van der Waals surface area contributed by atoms with Gasteiger partial charge in [-0.3, -0.25) is 9.59 Å². The summed E-state index contributed by atoms with van der Waals surface area (Å²) in [4.78, 5) is 25.3. The predicted octanol–water partition coefficient (Wildman–Crippen LogP) is 6.62. The zero-order valence-corrected chi connectivity index (χ0v) is 24.4. The Morgan fingerprint density at radius 3 is 2.02 bits per heavy atom. The number of halogens is 1. The summed E-state index contributed by atoms with van der Waals surface area (Å²) in [6, 6.07) is 22.9. The van der Waals surface area contributed by atoms with E-state index in [9.17, 15) is 29.3 Å². The van der Waals surface area contributed by atoms with Crippen molar-refractivity contribution >= 4 is 11.8 Å². The van der Waals surface area contributed by atoms with Gasteiger partial charge in [-0.1, -0.05) is 75.9 Å². The number of nitrogens with zero attached hydrogens (tertiary/aromatic N) is 1. The number of hydrogen-bond donors (Lipinski definition) is 4. The predicted molar refractivity (Wildman–Crippen MR) is 170 cm³/mol. The van der Waals surface area contributed by atoms with E-state index in [0.29, 0.717) is 22.4 Å². The highest BCUT2D eigenvalue weighted by Crippen LogP contribution is 2.43. The first-order valence-corrected chi connectivity index (χ1v) is 14.5. The molecule has 0 aliphatic carbocycles. The lowest BCUT2D eigenvalue weighted by Gasteiger charge is -2.20. The minimum atomic E-state index is -1.19. The molecule has 0 bridgehead atoms. The van der Waals surface area contributed by atoms with Gasteiger partial charge < -0.3 is 25.0 Å². The van der Waals surface area contributed by atoms with Gasteiger partial charge in [-0.25, -0.2) is 4.39 Å². The molecule has 7 nitrogen and oxygen atoms in total. The zero-order valence-electron chi connectivity index (χ0n) is 24.4. The van der Waals surface area contributed by atoms with E-state index in [1.54, 1.807) is 24.3 Å². The first-order valence-electron chi connectivity index (χ1n) is 14.5. The van der Waals surface area contributed by atoms with E-state index < -0.39 is 30.4 Å². The molecule has 3 aromatic carbocycles. The monoisotopic (exact) mass is 603 g/mol. The summed E-state index contributed by atoms with van der Waals surface area (Å²) in [5, 5.41) is 39.3. The number of ketones is 1. The SMILES string of the molecule is C.CC(C)c1c(C(=O)Cc2ccc(CO)cc2)c(-c2ccccc2)c(-c2ccc(F)cc2)n1CC[C@@H](O)C[C@@H](O)CC(=O)O. The van der Waals surface area contributed by atoms with Crippen LogP contribution in [0.2, 0.25) is 0 Å². The minimum absolute atomic E-state index is 0. The summed E-state index contributed by atoms with van der Waals surface area (Å²) in [7, 11) is 0. The number of carboxylic acid groups (broad SMARTS) is 1. The van der Waals surface area contributed by atoms with E-state index in [2.05, 4.69) is 0 Å². The summed E-state index contributed by atoms with van der Waals surface area (Å²) in [6.07, 6.45) is -2.41. The number of aliphatic hydroxyl groups is 3. The fourth-order valence-electron chi connectivity index (χ4n) is 5.58. The van der Waals surface area contributed by atoms with Crippen molar-refractivity contribution in [3.8, 4) is 22.4 Å². The summed E-state index contributed by atoms with van der Waals surface area (Å²) in [5.74, 6) is -1.74. The lowest BCUT2D eigenvalue weighted by molar-refractivity contribution is -0.139. The molecule has 44 heavy (non-hydrogen) atoms. The molecule has 0 radical (unpaired) electrons. The Kier molecular flexibility index (Phi) is 12.2. The molecular weight excluding hydrogens is 561 g/mol. The van der Waals surface area contributed by atoms with Crippen molar-refractivity contribution in [2.45, 2.75) is 78.2 Å². The molecule has 4 N–H and O–H groups in total. The Morgan fingerprint density at radius 2 is 1.45 bits per heavy atom. The molecule has 4 aromatic rings. The number of aliphatic carboxylic acids is 1. The second kappa shape index (κ2) is 15.6. The molecule has 0 amide bonds. The number of aromatic nitrogens is 1. The quantitative estimate of drug-likeness (QED) is 0.120. The van der Waals surface area contributed by atoms with E-state index in [-0.39, 0.29) is 51.5 Å². The van der Waals surface area contributed by atoms with Gasteiger partial charge in [0.25, 0.3) is 0 Å². The first kappa shape index (κ1) is 34.4. The van der Waals surface area contributed by atoms with Crippen LogP contribution in [-0.2, 0) is 24.4 Å². The molecule has 8 heteroatoms. The van der Waals surface area contributed by atoms with Crippen molar-refractivity contribution in [1.29, 1.82) is 0 Å². The van der Waals surface area contributed by atoms with Crippen LogP contribution in [0.3, 0.4) is 0 Å². The summed E-state index contributed by atoms with van der Waals surface area (Å²) < 4.78 is 16.1. The van der Waals surface area contributed by atoms with Gasteiger partial charge >= 0.3 is 5.97 Å². The fourth-order valence-corrected chi connectivity index (χ4v) is 5.58. The van der Waals surface area contributed by atoms with Gasteiger partial charge in [0.2, 0.25) is 0 Å². The number of carboxylic acids is 1. The van der Waals surface area contributed by atoms with Crippen LogP contribution in [0.4, 0.5) is 4.39 Å². The average molecular weight is 604 g/mol.